The third kappa shape index (κ3) is 4.50. The van der Waals surface area contributed by atoms with Gasteiger partial charge in [-0.25, -0.2) is 0 Å². The Bertz CT molecular complexity index is 602. The van der Waals surface area contributed by atoms with Crippen LogP contribution in [0.3, 0.4) is 0 Å². The molecule has 1 N–H and O–H groups in total. The van der Waals surface area contributed by atoms with Crippen LogP contribution in [0.1, 0.15) is 0 Å². The molecular weight excluding hydrogens is 366 g/mol. The second kappa shape index (κ2) is 7.48. The zero-order valence-electron chi connectivity index (χ0n) is 9.57. The van der Waals surface area contributed by atoms with Gasteiger partial charge in [0.1, 0.15) is 7.82 Å². The molecular formula is C8H4BrClNNa2O4P. The van der Waals surface area contributed by atoms with Crippen molar-refractivity contribution in [3.63, 3.8) is 0 Å². The van der Waals surface area contributed by atoms with E-state index < -0.39 is 7.82 Å². The maximum absolute atomic E-state index is 10.5. The van der Waals surface area contributed by atoms with Crippen LogP contribution in [0.2, 0.25) is 5.02 Å². The number of benzene rings is 1. The molecule has 0 aliphatic rings. The van der Waals surface area contributed by atoms with Gasteiger partial charge < -0.3 is 23.9 Å². The zero-order chi connectivity index (χ0) is 11.9. The first-order chi connectivity index (χ1) is 7.38. The Kier molecular flexibility index (Phi) is 8.09. The summed E-state index contributed by atoms with van der Waals surface area (Å²) >= 11 is 9.15. The summed E-state index contributed by atoms with van der Waals surface area (Å²) in [5.74, 6) is -0.102. The van der Waals surface area contributed by atoms with Crippen LogP contribution in [0.4, 0.5) is 0 Å². The summed E-state index contributed by atoms with van der Waals surface area (Å²) in [6.07, 6.45) is 1.27. The van der Waals surface area contributed by atoms with Gasteiger partial charge in [-0.15, -0.1) is 0 Å². The van der Waals surface area contributed by atoms with Crippen LogP contribution >= 0.6 is 35.4 Å². The molecule has 5 nitrogen and oxygen atoms in total. The molecule has 1 aromatic carbocycles. The number of aromatic nitrogens is 1. The Morgan fingerprint density at radius 1 is 1.33 bits per heavy atom. The molecule has 0 amide bonds. The molecule has 1 heterocycles. The van der Waals surface area contributed by atoms with Gasteiger partial charge in [-0.1, -0.05) is 11.6 Å². The van der Waals surface area contributed by atoms with E-state index >= 15 is 0 Å². The summed E-state index contributed by atoms with van der Waals surface area (Å²) in [4.78, 5) is 23.8. The molecule has 0 radical (unpaired) electrons. The van der Waals surface area contributed by atoms with Gasteiger partial charge in [0, 0.05) is 10.7 Å². The summed E-state index contributed by atoms with van der Waals surface area (Å²) in [7, 11) is -5.09. The van der Waals surface area contributed by atoms with E-state index in [0.717, 1.165) is 0 Å². The predicted octanol–water partition coefficient (Wildman–Crippen LogP) is -4.20. The first kappa shape index (κ1) is 19.5. The standard InChI is InChI=1S/C8H6BrClNO4P.2Na/c9-4-1-2-5-7(8(4)10)6(3-11-5)15-16(12,13)14;;/h1-3,11H,(H2,12,13,14);;/q;2*+1/p-2. The fourth-order valence-electron chi connectivity index (χ4n) is 1.32. The van der Waals surface area contributed by atoms with Gasteiger partial charge in [-0.05, 0) is 28.1 Å². The van der Waals surface area contributed by atoms with Gasteiger partial charge in [0.2, 0.25) is 0 Å². The van der Waals surface area contributed by atoms with E-state index in [1.165, 1.54) is 6.20 Å². The van der Waals surface area contributed by atoms with Gasteiger partial charge in [0.05, 0.1) is 15.9 Å². The maximum Gasteiger partial charge on any atom is 1.00 e. The van der Waals surface area contributed by atoms with Crippen LogP contribution in [0.25, 0.3) is 10.9 Å². The molecule has 1 aromatic heterocycles. The molecule has 0 aliphatic heterocycles. The number of phosphoric ester groups is 1. The van der Waals surface area contributed by atoms with Crippen LogP contribution in [-0.2, 0) is 4.57 Å². The number of hydrogen-bond donors (Lipinski definition) is 1. The molecule has 10 heteroatoms. The Labute approximate surface area is 161 Å². The van der Waals surface area contributed by atoms with E-state index in [1.807, 2.05) is 0 Å². The van der Waals surface area contributed by atoms with E-state index in [2.05, 4.69) is 25.4 Å². The third-order valence-electron chi connectivity index (χ3n) is 1.91. The Morgan fingerprint density at radius 2 is 1.94 bits per heavy atom. The van der Waals surface area contributed by atoms with Crippen molar-refractivity contribution < 1.29 is 78.0 Å². The number of H-pyrrole nitrogens is 1. The summed E-state index contributed by atoms with van der Waals surface area (Å²) in [5.41, 5.74) is 0.580. The molecule has 18 heavy (non-hydrogen) atoms. The van der Waals surface area contributed by atoms with E-state index in [0.29, 0.717) is 15.4 Å². The largest absolute Gasteiger partial charge is 1.00 e. The van der Waals surface area contributed by atoms with Crippen LogP contribution in [0, 0.1) is 0 Å². The third-order valence-corrected chi connectivity index (χ3v) is 3.61. The number of phosphoric acid groups is 1. The molecule has 2 rings (SSSR count). The van der Waals surface area contributed by atoms with Gasteiger partial charge in [0.15, 0.2) is 5.75 Å². The molecule has 0 fully saturated rings. The normalized spacial score (nSPS) is 10.7. The number of aromatic amines is 1. The Morgan fingerprint density at radius 3 is 2.50 bits per heavy atom. The number of rotatable bonds is 2. The van der Waals surface area contributed by atoms with Crippen molar-refractivity contribution in [2.75, 3.05) is 0 Å². The van der Waals surface area contributed by atoms with Crippen LogP contribution in [0.15, 0.2) is 22.8 Å². The fourth-order valence-corrected chi connectivity index (χ4v) is 2.29. The monoisotopic (exact) mass is 369 g/mol. The molecule has 0 saturated carbocycles. The minimum atomic E-state index is -5.09. The molecule has 2 aromatic rings. The number of nitrogens with one attached hydrogen (secondary N) is 1. The average molecular weight is 370 g/mol. The average Bonchev–Trinajstić information content (AvgIpc) is 2.53. The second-order valence-electron chi connectivity index (χ2n) is 2.98. The summed E-state index contributed by atoms with van der Waals surface area (Å²) < 4.78 is 15.4. The van der Waals surface area contributed by atoms with Crippen molar-refractivity contribution in [1.82, 2.24) is 4.98 Å². The predicted molar refractivity (Wildman–Crippen MR) is 59.2 cm³/mol. The first-order valence-electron chi connectivity index (χ1n) is 4.05. The molecule has 0 atom stereocenters. The Balaban J connectivity index is 0.00000144. The van der Waals surface area contributed by atoms with Crippen LogP contribution in [-0.4, -0.2) is 4.98 Å². The van der Waals surface area contributed by atoms with Gasteiger partial charge in [0.25, 0.3) is 0 Å². The van der Waals surface area contributed by atoms with Crippen LogP contribution < -0.4 is 73.4 Å². The molecule has 86 valence electrons. The van der Waals surface area contributed by atoms with E-state index in [4.69, 9.17) is 11.6 Å². The van der Waals surface area contributed by atoms with Gasteiger partial charge in [-0.2, -0.15) is 0 Å². The van der Waals surface area contributed by atoms with E-state index in [1.54, 1.807) is 12.1 Å². The van der Waals surface area contributed by atoms with Gasteiger partial charge in [-0.3, -0.25) is 0 Å². The molecule has 0 unspecified atom stereocenters. The van der Waals surface area contributed by atoms with Crippen molar-refractivity contribution in [3.05, 3.63) is 27.8 Å². The molecule has 0 saturated heterocycles. The second-order valence-corrected chi connectivity index (χ2v) is 5.28. The van der Waals surface area contributed by atoms with Crippen molar-refractivity contribution in [2.45, 2.75) is 0 Å². The van der Waals surface area contributed by atoms with Crippen molar-refractivity contribution >= 4 is 46.3 Å². The quantitative estimate of drug-likeness (QED) is 0.429. The van der Waals surface area contributed by atoms with E-state index in [-0.39, 0.29) is 69.9 Å². The number of hydrogen-bond acceptors (Lipinski definition) is 4. The molecule has 0 spiro atoms. The minimum absolute atomic E-state index is 0. The topological polar surface area (TPSA) is 88.2 Å². The van der Waals surface area contributed by atoms with Crippen molar-refractivity contribution in [1.29, 1.82) is 0 Å². The minimum Gasteiger partial charge on any atom is -0.780 e. The first-order valence-corrected chi connectivity index (χ1v) is 6.68. The summed E-state index contributed by atoms with van der Waals surface area (Å²) in [6, 6.07) is 3.37. The zero-order valence-corrected chi connectivity index (χ0v) is 16.8. The maximum atomic E-state index is 10.5. The van der Waals surface area contributed by atoms with Crippen LogP contribution in [0.5, 0.6) is 5.75 Å². The number of halogens is 2. The summed E-state index contributed by atoms with van der Waals surface area (Å²) in [5, 5.41) is 0.630. The summed E-state index contributed by atoms with van der Waals surface area (Å²) in [6.45, 7) is 0. The van der Waals surface area contributed by atoms with Crippen molar-refractivity contribution in [2.24, 2.45) is 0 Å². The Hall–Kier alpha value is 1.48. The van der Waals surface area contributed by atoms with Crippen molar-refractivity contribution in [3.8, 4) is 5.75 Å². The van der Waals surface area contributed by atoms with E-state index in [9.17, 15) is 14.4 Å². The number of fused-ring (bicyclic) bond motifs is 1. The smallest absolute Gasteiger partial charge is 0.780 e. The SMILES string of the molecule is O=P([O-])([O-])Oc1c[nH]c2ccc(Br)c(Cl)c12.[Na+].[Na+]. The molecule has 0 bridgehead atoms. The van der Waals surface area contributed by atoms with Gasteiger partial charge >= 0.3 is 59.1 Å². The fraction of sp³-hybridized carbons (Fsp3) is 0. The molecule has 0 aliphatic carbocycles.